The molecule has 10 nitrogen and oxygen atoms in total. The molecule has 3 amide bonds. The van der Waals surface area contributed by atoms with Gasteiger partial charge in [-0.3, -0.25) is 9.69 Å². The van der Waals surface area contributed by atoms with Gasteiger partial charge >= 0.3 is 6.03 Å². The van der Waals surface area contributed by atoms with E-state index >= 15 is 0 Å². The minimum absolute atomic E-state index is 0.0289. The fraction of sp³-hybridized carbons (Fsp3) is 0.391. The Labute approximate surface area is 197 Å². The zero-order valence-corrected chi connectivity index (χ0v) is 19.6. The van der Waals surface area contributed by atoms with Crippen LogP contribution in [0.5, 0.6) is 11.5 Å². The van der Waals surface area contributed by atoms with Crippen molar-refractivity contribution >= 4 is 33.3 Å². The lowest BCUT2D eigenvalue weighted by Crippen LogP contribution is -2.41. The Morgan fingerprint density at radius 1 is 1.00 bits per heavy atom. The number of fused-ring (bicyclic) bond motifs is 2. The minimum atomic E-state index is -3.95. The van der Waals surface area contributed by atoms with Crippen molar-refractivity contribution in [2.75, 3.05) is 36.6 Å². The number of anilines is 2. The maximum Gasteiger partial charge on any atom is 0.324 e. The number of rotatable bonds is 5. The molecule has 3 aliphatic heterocycles. The van der Waals surface area contributed by atoms with Gasteiger partial charge in [-0.15, -0.1) is 0 Å². The molecule has 1 atom stereocenters. The summed E-state index contributed by atoms with van der Waals surface area (Å²) >= 11 is 0. The first-order chi connectivity index (χ1) is 16.3. The number of nitrogens with zero attached hydrogens (tertiary/aromatic N) is 2. The third kappa shape index (κ3) is 4.28. The molecule has 0 radical (unpaired) electrons. The van der Waals surface area contributed by atoms with Crippen LogP contribution in [0.15, 0.2) is 41.3 Å². The zero-order chi connectivity index (χ0) is 23.9. The van der Waals surface area contributed by atoms with Gasteiger partial charge in [0.2, 0.25) is 22.7 Å². The number of hydrogen-bond donors (Lipinski definition) is 2. The number of amides is 3. The van der Waals surface area contributed by atoms with E-state index in [1.54, 1.807) is 35.2 Å². The maximum atomic E-state index is 13.0. The van der Waals surface area contributed by atoms with Gasteiger partial charge in [0.1, 0.15) is 0 Å². The third-order valence-electron chi connectivity index (χ3n) is 6.23. The number of ether oxygens (including phenoxy) is 2. The van der Waals surface area contributed by atoms with Gasteiger partial charge in [0, 0.05) is 37.1 Å². The SMILES string of the molecule is CC(NS(=O)(=O)c1ccc2c(c1)CCN2C(=O)N1CCCC1)C(=O)Nc1ccc2c(c1)OCO2. The van der Waals surface area contributed by atoms with E-state index in [0.29, 0.717) is 30.2 Å². The van der Waals surface area contributed by atoms with Crippen molar-refractivity contribution in [3.8, 4) is 11.5 Å². The summed E-state index contributed by atoms with van der Waals surface area (Å²) in [7, 11) is -3.95. The average molecular weight is 487 g/mol. The molecule has 180 valence electrons. The molecule has 0 aromatic heterocycles. The largest absolute Gasteiger partial charge is 0.454 e. The Hall–Kier alpha value is -3.31. The van der Waals surface area contributed by atoms with E-state index in [0.717, 1.165) is 37.2 Å². The molecule has 2 N–H and O–H groups in total. The number of carbonyl (C=O) groups is 2. The zero-order valence-electron chi connectivity index (χ0n) is 18.7. The van der Waals surface area contributed by atoms with E-state index in [-0.39, 0.29) is 17.7 Å². The predicted octanol–water partition coefficient (Wildman–Crippen LogP) is 2.30. The fourth-order valence-electron chi connectivity index (χ4n) is 4.40. The molecule has 2 aromatic rings. The van der Waals surface area contributed by atoms with Gasteiger partial charge < -0.3 is 19.7 Å². The van der Waals surface area contributed by atoms with Crippen LogP contribution in [0.25, 0.3) is 0 Å². The second-order valence-corrected chi connectivity index (χ2v) is 10.3. The van der Waals surface area contributed by atoms with Gasteiger partial charge in [0.15, 0.2) is 11.5 Å². The van der Waals surface area contributed by atoms with Crippen LogP contribution in [0, 0.1) is 0 Å². The minimum Gasteiger partial charge on any atom is -0.454 e. The monoisotopic (exact) mass is 486 g/mol. The van der Waals surface area contributed by atoms with Gasteiger partial charge in [-0.25, -0.2) is 13.2 Å². The summed E-state index contributed by atoms with van der Waals surface area (Å²) in [4.78, 5) is 29.0. The van der Waals surface area contributed by atoms with Crippen molar-refractivity contribution < 1.29 is 27.5 Å². The highest BCUT2D eigenvalue weighted by Gasteiger charge is 2.31. The number of urea groups is 1. The summed E-state index contributed by atoms with van der Waals surface area (Å²) < 4.78 is 38.9. The standard InChI is InChI=1S/C23H26N4O6S/c1-15(22(28)24-17-4-7-20-21(13-17)33-14-32-20)25-34(30,31)18-5-6-19-16(12-18)8-11-27(19)23(29)26-9-2-3-10-26/h4-7,12-13,15,25H,2-3,8-11,14H2,1H3,(H,24,28). The molecule has 0 aliphatic carbocycles. The quantitative estimate of drug-likeness (QED) is 0.670. The second kappa shape index (κ2) is 8.80. The van der Waals surface area contributed by atoms with Crippen LogP contribution in [0.4, 0.5) is 16.2 Å². The molecular formula is C23H26N4O6S. The highest BCUT2D eigenvalue weighted by atomic mass is 32.2. The number of benzene rings is 2. The lowest BCUT2D eigenvalue weighted by atomic mass is 10.2. The van der Waals surface area contributed by atoms with Crippen LogP contribution in [0.2, 0.25) is 0 Å². The number of carbonyl (C=O) groups excluding carboxylic acids is 2. The maximum absolute atomic E-state index is 13.0. The van der Waals surface area contributed by atoms with Gasteiger partial charge in [0.05, 0.1) is 10.9 Å². The van der Waals surface area contributed by atoms with Gasteiger partial charge in [-0.05, 0) is 62.1 Å². The predicted molar refractivity (Wildman–Crippen MR) is 125 cm³/mol. The fourth-order valence-corrected chi connectivity index (χ4v) is 5.66. The third-order valence-corrected chi connectivity index (χ3v) is 7.77. The molecular weight excluding hydrogens is 460 g/mol. The number of sulfonamides is 1. The highest BCUT2D eigenvalue weighted by Crippen LogP contribution is 2.34. The molecule has 1 saturated heterocycles. The molecule has 0 spiro atoms. The van der Waals surface area contributed by atoms with Crippen molar-refractivity contribution in [2.45, 2.75) is 37.1 Å². The van der Waals surface area contributed by atoms with Crippen molar-refractivity contribution in [3.05, 3.63) is 42.0 Å². The molecule has 11 heteroatoms. The van der Waals surface area contributed by atoms with Crippen LogP contribution in [-0.4, -0.2) is 57.7 Å². The number of likely N-dealkylation sites (tertiary alicyclic amines) is 1. The van der Waals surface area contributed by atoms with Gasteiger partial charge in [-0.1, -0.05) is 0 Å². The molecule has 34 heavy (non-hydrogen) atoms. The molecule has 0 saturated carbocycles. The van der Waals surface area contributed by atoms with E-state index in [4.69, 9.17) is 9.47 Å². The Bertz CT molecular complexity index is 1240. The summed E-state index contributed by atoms with van der Waals surface area (Å²) in [6, 6.07) is 8.63. The van der Waals surface area contributed by atoms with Crippen molar-refractivity contribution in [1.29, 1.82) is 0 Å². The summed E-state index contributed by atoms with van der Waals surface area (Å²) in [5, 5.41) is 2.68. The number of hydrogen-bond acceptors (Lipinski definition) is 6. The first-order valence-electron chi connectivity index (χ1n) is 11.2. The molecule has 1 unspecified atom stereocenters. The van der Waals surface area contributed by atoms with E-state index < -0.39 is 22.0 Å². The molecule has 3 heterocycles. The first-order valence-corrected chi connectivity index (χ1v) is 12.7. The summed E-state index contributed by atoms with van der Waals surface area (Å²) in [5.41, 5.74) is 2.01. The second-order valence-electron chi connectivity index (χ2n) is 8.57. The Morgan fingerprint density at radius 3 is 2.56 bits per heavy atom. The van der Waals surface area contributed by atoms with Crippen LogP contribution < -0.4 is 24.4 Å². The Balaban J connectivity index is 1.25. The van der Waals surface area contributed by atoms with E-state index in [1.807, 2.05) is 4.90 Å². The van der Waals surface area contributed by atoms with E-state index in [2.05, 4.69) is 10.0 Å². The smallest absolute Gasteiger partial charge is 0.324 e. The first kappa shape index (κ1) is 22.5. The van der Waals surface area contributed by atoms with E-state index in [1.165, 1.54) is 13.0 Å². The van der Waals surface area contributed by atoms with E-state index in [9.17, 15) is 18.0 Å². The summed E-state index contributed by atoms with van der Waals surface area (Å²) in [6.45, 7) is 3.63. The lowest BCUT2D eigenvalue weighted by Gasteiger charge is -2.24. The Kier molecular flexibility index (Phi) is 5.82. The number of nitrogens with one attached hydrogen (secondary N) is 2. The lowest BCUT2D eigenvalue weighted by molar-refractivity contribution is -0.117. The Morgan fingerprint density at radius 2 is 1.76 bits per heavy atom. The van der Waals surface area contributed by atoms with Crippen molar-refractivity contribution in [2.24, 2.45) is 0 Å². The van der Waals surface area contributed by atoms with Crippen LogP contribution in [0.1, 0.15) is 25.3 Å². The molecule has 3 aliphatic rings. The average Bonchev–Trinajstić information content (AvgIpc) is 3.58. The molecule has 0 bridgehead atoms. The topological polar surface area (TPSA) is 117 Å². The molecule has 5 rings (SSSR count). The van der Waals surface area contributed by atoms with Gasteiger partial charge in [-0.2, -0.15) is 4.72 Å². The normalized spacial score (nSPS) is 17.6. The molecule has 2 aromatic carbocycles. The summed E-state index contributed by atoms with van der Waals surface area (Å²) in [5.74, 6) is 0.594. The van der Waals surface area contributed by atoms with Crippen LogP contribution in [0.3, 0.4) is 0 Å². The van der Waals surface area contributed by atoms with Gasteiger partial charge in [0.25, 0.3) is 0 Å². The molecule has 1 fully saturated rings. The summed E-state index contributed by atoms with van der Waals surface area (Å²) in [6.07, 6.45) is 2.60. The highest BCUT2D eigenvalue weighted by molar-refractivity contribution is 7.89. The van der Waals surface area contributed by atoms with Crippen LogP contribution >= 0.6 is 0 Å². The van der Waals surface area contributed by atoms with Crippen molar-refractivity contribution in [3.63, 3.8) is 0 Å². The van der Waals surface area contributed by atoms with Crippen LogP contribution in [-0.2, 0) is 21.2 Å². The van der Waals surface area contributed by atoms with Crippen molar-refractivity contribution in [1.82, 2.24) is 9.62 Å².